The van der Waals surface area contributed by atoms with Crippen molar-refractivity contribution in [3.8, 4) is 0 Å². The van der Waals surface area contributed by atoms with Crippen molar-refractivity contribution in [2.45, 2.75) is 0 Å². The van der Waals surface area contributed by atoms with Crippen LogP contribution in [0.2, 0.25) is 5.02 Å². The molecule has 1 aromatic heterocycles. The zero-order chi connectivity index (χ0) is 10.1. The van der Waals surface area contributed by atoms with Crippen molar-refractivity contribution in [2.75, 3.05) is 12.4 Å². The summed E-state index contributed by atoms with van der Waals surface area (Å²) in [5.74, 6) is 0. The Morgan fingerprint density at radius 1 is 1.36 bits per heavy atom. The van der Waals surface area contributed by atoms with Crippen LogP contribution in [0.15, 0.2) is 28.9 Å². The van der Waals surface area contributed by atoms with E-state index in [9.17, 15) is 0 Å². The van der Waals surface area contributed by atoms with Crippen molar-refractivity contribution in [2.24, 2.45) is 0 Å². The number of hydrogen-bond donors (Lipinski definition) is 1. The van der Waals surface area contributed by atoms with Crippen LogP contribution in [0.4, 0.5) is 5.69 Å². The van der Waals surface area contributed by atoms with Gasteiger partial charge in [-0.15, -0.1) is 0 Å². The molecule has 0 unspecified atom stereocenters. The topological polar surface area (TPSA) is 24.9 Å². The van der Waals surface area contributed by atoms with Gasteiger partial charge in [-0.2, -0.15) is 0 Å². The molecule has 0 saturated heterocycles. The van der Waals surface area contributed by atoms with E-state index in [0.29, 0.717) is 5.02 Å². The van der Waals surface area contributed by atoms with Gasteiger partial charge in [-0.3, -0.25) is 4.98 Å². The minimum absolute atomic E-state index is 0.709. The van der Waals surface area contributed by atoms with E-state index in [1.54, 1.807) is 6.20 Å². The third-order valence-electron chi connectivity index (χ3n) is 2.06. The summed E-state index contributed by atoms with van der Waals surface area (Å²) in [7, 11) is 1.87. The van der Waals surface area contributed by atoms with Crippen LogP contribution < -0.4 is 5.32 Å². The molecule has 0 radical (unpaired) electrons. The molecule has 72 valence electrons. The van der Waals surface area contributed by atoms with E-state index in [1.165, 1.54) is 0 Å². The number of benzene rings is 1. The Kier molecular flexibility index (Phi) is 2.61. The van der Waals surface area contributed by atoms with Gasteiger partial charge in [-0.05, 0) is 34.1 Å². The smallest absolute Gasteiger partial charge is 0.0879 e. The maximum absolute atomic E-state index is 6.11. The van der Waals surface area contributed by atoms with Gasteiger partial charge in [-0.25, -0.2) is 0 Å². The first-order chi connectivity index (χ1) is 6.74. The van der Waals surface area contributed by atoms with E-state index in [-0.39, 0.29) is 0 Å². The molecule has 1 N–H and O–H groups in total. The lowest BCUT2D eigenvalue weighted by atomic mass is 10.2. The van der Waals surface area contributed by atoms with Gasteiger partial charge >= 0.3 is 0 Å². The molecule has 1 heterocycles. The highest BCUT2D eigenvalue weighted by Crippen LogP contribution is 2.33. The van der Waals surface area contributed by atoms with Crippen molar-refractivity contribution in [1.82, 2.24) is 4.98 Å². The Bertz CT molecular complexity index is 485. The molecular weight excluding hydrogens is 263 g/mol. The number of nitrogens with one attached hydrogen (secondary N) is 1. The normalized spacial score (nSPS) is 10.5. The van der Waals surface area contributed by atoms with Gasteiger partial charge in [0, 0.05) is 28.8 Å². The molecule has 0 spiro atoms. The first-order valence-electron chi connectivity index (χ1n) is 4.14. The minimum Gasteiger partial charge on any atom is -0.387 e. The third kappa shape index (κ3) is 1.47. The Balaban J connectivity index is 2.92. The standard InChI is InChI=1S/C10H8BrClN2/c1-13-8-4-5-14-10-6(11)2-3-7(12)9(8)10/h2-5H,1H3,(H,13,14). The molecule has 0 aliphatic rings. The monoisotopic (exact) mass is 270 g/mol. The summed E-state index contributed by atoms with van der Waals surface area (Å²) in [6.07, 6.45) is 1.76. The molecule has 0 bridgehead atoms. The fourth-order valence-electron chi connectivity index (χ4n) is 1.40. The number of rotatable bonds is 1. The summed E-state index contributed by atoms with van der Waals surface area (Å²) in [5, 5.41) is 4.75. The van der Waals surface area contributed by atoms with Crippen LogP contribution in [0.3, 0.4) is 0 Å². The molecule has 0 aliphatic carbocycles. The highest BCUT2D eigenvalue weighted by Gasteiger charge is 2.07. The summed E-state index contributed by atoms with van der Waals surface area (Å²) in [6.45, 7) is 0. The summed E-state index contributed by atoms with van der Waals surface area (Å²) >= 11 is 9.56. The van der Waals surface area contributed by atoms with E-state index < -0.39 is 0 Å². The first-order valence-corrected chi connectivity index (χ1v) is 5.31. The van der Waals surface area contributed by atoms with Crippen LogP contribution in [-0.4, -0.2) is 12.0 Å². The second-order valence-electron chi connectivity index (χ2n) is 2.86. The van der Waals surface area contributed by atoms with Crippen LogP contribution in [0.25, 0.3) is 10.9 Å². The second kappa shape index (κ2) is 3.75. The van der Waals surface area contributed by atoms with Crippen molar-refractivity contribution < 1.29 is 0 Å². The molecule has 1 aromatic carbocycles. The Hall–Kier alpha value is -0.800. The molecule has 2 aromatic rings. The Morgan fingerprint density at radius 3 is 2.86 bits per heavy atom. The SMILES string of the molecule is CNc1ccnc2c(Br)ccc(Cl)c12. The van der Waals surface area contributed by atoms with Gasteiger partial charge in [0.1, 0.15) is 0 Å². The van der Waals surface area contributed by atoms with Crippen LogP contribution in [-0.2, 0) is 0 Å². The van der Waals surface area contributed by atoms with E-state index in [2.05, 4.69) is 26.2 Å². The van der Waals surface area contributed by atoms with Crippen LogP contribution in [0.1, 0.15) is 0 Å². The van der Waals surface area contributed by atoms with E-state index in [1.807, 2.05) is 25.2 Å². The predicted molar refractivity (Wildman–Crippen MR) is 64.0 cm³/mol. The molecule has 2 rings (SSSR count). The summed E-state index contributed by atoms with van der Waals surface area (Å²) in [6, 6.07) is 5.66. The average Bonchev–Trinajstić information content (AvgIpc) is 2.23. The fourth-order valence-corrected chi connectivity index (χ4v) is 2.09. The van der Waals surface area contributed by atoms with Gasteiger partial charge in [0.15, 0.2) is 0 Å². The molecule has 0 atom stereocenters. The molecule has 0 saturated carbocycles. The van der Waals surface area contributed by atoms with Crippen LogP contribution in [0, 0.1) is 0 Å². The third-order valence-corrected chi connectivity index (χ3v) is 3.02. The van der Waals surface area contributed by atoms with Crippen LogP contribution >= 0.6 is 27.5 Å². The number of anilines is 1. The summed E-state index contributed by atoms with van der Waals surface area (Å²) in [4.78, 5) is 4.28. The van der Waals surface area contributed by atoms with Gasteiger partial charge in [0.25, 0.3) is 0 Å². The average molecular weight is 272 g/mol. The first kappa shape index (κ1) is 9.74. The number of nitrogens with zero attached hydrogens (tertiary/aromatic N) is 1. The predicted octanol–water partition coefficient (Wildman–Crippen LogP) is 3.69. The lowest BCUT2D eigenvalue weighted by Gasteiger charge is -2.07. The van der Waals surface area contributed by atoms with Crippen molar-refractivity contribution in [3.05, 3.63) is 33.9 Å². The molecule has 0 aliphatic heterocycles. The lowest BCUT2D eigenvalue weighted by molar-refractivity contribution is 1.39. The molecule has 0 amide bonds. The zero-order valence-electron chi connectivity index (χ0n) is 7.51. The second-order valence-corrected chi connectivity index (χ2v) is 4.12. The molecular formula is C10H8BrClN2. The molecule has 14 heavy (non-hydrogen) atoms. The van der Waals surface area contributed by atoms with Gasteiger partial charge in [0.05, 0.1) is 10.5 Å². The maximum Gasteiger partial charge on any atom is 0.0879 e. The van der Waals surface area contributed by atoms with E-state index in [4.69, 9.17) is 11.6 Å². The molecule has 4 heteroatoms. The van der Waals surface area contributed by atoms with Gasteiger partial charge in [0.2, 0.25) is 0 Å². The summed E-state index contributed by atoms with van der Waals surface area (Å²) in [5.41, 5.74) is 1.87. The van der Waals surface area contributed by atoms with E-state index in [0.717, 1.165) is 21.1 Å². The number of pyridine rings is 1. The fraction of sp³-hybridized carbons (Fsp3) is 0.100. The highest BCUT2D eigenvalue weighted by molar-refractivity contribution is 9.10. The van der Waals surface area contributed by atoms with Gasteiger partial charge in [-0.1, -0.05) is 11.6 Å². The Morgan fingerprint density at radius 2 is 2.14 bits per heavy atom. The van der Waals surface area contributed by atoms with Gasteiger partial charge < -0.3 is 5.32 Å². The number of hydrogen-bond acceptors (Lipinski definition) is 2. The Labute approximate surface area is 95.4 Å². The van der Waals surface area contributed by atoms with Crippen molar-refractivity contribution >= 4 is 44.1 Å². The van der Waals surface area contributed by atoms with E-state index >= 15 is 0 Å². The van der Waals surface area contributed by atoms with Crippen molar-refractivity contribution in [3.63, 3.8) is 0 Å². The number of fused-ring (bicyclic) bond motifs is 1. The van der Waals surface area contributed by atoms with Crippen LogP contribution in [0.5, 0.6) is 0 Å². The number of aromatic nitrogens is 1. The largest absolute Gasteiger partial charge is 0.387 e. The number of halogens is 2. The maximum atomic E-state index is 6.11. The molecule has 2 nitrogen and oxygen atoms in total. The minimum atomic E-state index is 0.709. The zero-order valence-corrected chi connectivity index (χ0v) is 9.85. The lowest BCUT2D eigenvalue weighted by Crippen LogP contribution is -1.91. The molecule has 0 fully saturated rings. The summed E-state index contributed by atoms with van der Waals surface area (Å²) < 4.78 is 0.953. The van der Waals surface area contributed by atoms with Crippen molar-refractivity contribution in [1.29, 1.82) is 0 Å². The quantitative estimate of drug-likeness (QED) is 0.855. The highest BCUT2D eigenvalue weighted by atomic mass is 79.9.